The minimum absolute atomic E-state index is 0.290. The fourth-order valence-electron chi connectivity index (χ4n) is 2.48. The number of nitrogens with one attached hydrogen (secondary N) is 1. The van der Waals surface area contributed by atoms with E-state index in [2.05, 4.69) is 24.4 Å². The molecule has 0 saturated heterocycles. The molecular weight excluding hydrogens is 262 g/mol. The molecule has 114 valence electrons. The Morgan fingerprint density at radius 2 is 2.00 bits per heavy atom. The maximum atomic E-state index is 5.77. The summed E-state index contributed by atoms with van der Waals surface area (Å²) < 4.78 is 11.2. The van der Waals surface area contributed by atoms with E-state index < -0.39 is 0 Å². The van der Waals surface area contributed by atoms with E-state index in [9.17, 15) is 0 Å². The Bertz CT molecular complexity index is 508. The number of ether oxygens (including phenoxy) is 1. The lowest BCUT2D eigenvalue weighted by Gasteiger charge is -2.21. The lowest BCUT2D eigenvalue weighted by atomic mass is 10.00. The van der Waals surface area contributed by atoms with E-state index in [1.165, 1.54) is 5.56 Å². The molecule has 0 bridgehead atoms. The van der Waals surface area contributed by atoms with Gasteiger partial charge in [-0.05, 0) is 44.5 Å². The first-order valence-electron chi connectivity index (χ1n) is 7.82. The molecule has 0 fully saturated rings. The molecule has 1 unspecified atom stereocenters. The van der Waals surface area contributed by atoms with Crippen molar-refractivity contribution in [1.82, 2.24) is 5.32 Å². The molecule has 0 amide bonds. The van der Waals surface area contributed by atoms with Crippen molar-refractivity contribution in [1.29, 1.82) is 0 Å². The highest BCUT2D eigenvalue weighted by Crippen LogP contribution is 2.28. The summed E-state index contributed by atoms with van der Waals surface area (Å²) in [6, 6.07) is 12.6. The first kappa shape index (κ1) is 15.6. The number of hydrogen-bond donors (Lipinski definition) is 1. The molecule has 1 atom stereocenters. The predicted molar refractivity (Wildman–Crippen MR) is 85.7 cm³/mol. The normalized spacial score (nSPS) is 12.3. The lowest BCUT2D eigenvalue weighted by Crippen LogP contribution is -2.23. The van der Waals surface area contributed by atoms with Gasteiger partial charge in [0.2, 0.25) is 0 Å². The summed E-state index contributed by atoms with van der Waals surface area (Å²) in [6.07, 6.45) is 4.78. The van der Waals surface area contributed by atoms with Gasteiger partial charge in [0.25, 0.3) is 0 Å². The Balaban J connectivity index is 2.10. The number of hydrogen-bond acceptors (Lipinski definition) is 3. The van der Waals surface area contributed by atoms with Gasteiger partial charge in [0.05, 0.1) is 12.9 Å². The van der Waals surface area contributed by atoms with Gasteiger partial charge in [-0.25, -0.2) is 0 Å². The molecule has 1 heterocycles. The van der Waals surface area contributed by atoms with Gasteiger partial charge < -0.3 is 14.5 Å². The Morgan fingerprint density at radius 3 is 2.71 bits per heavy atom. The lowest BCUT2D eigenvalue weighted by molar-refractivity contribution is 0.329. The second-order valence-corrected chi connectivity index (χ2v) is 5.10. The molecule has 0 aliphatic carbocycles. The Hall–Kier alpha value is -1.74. The van der Waals surface area contributed by atoms with Crippen LogP contribution in [0, 0.1) is 0 Å². The molecule has 2 aromatic rings. The molecule has 0 saturated carbocycles. The Kier molecular flexibility index (Phi) is 6.35. The van der Waals surface area contributed by atoms with Crippen molar-refractivity contribution < 1.29 is 9.15 Å². The van der Waals surface area contributed by atoms with Crippen LogP contribution in [0.4, 0.5) is 0 Å². The summed E-state index contributed by atoms with van der Waals surface area (Å²) in [5, 5.41) is 3.63. The van der Waals surface area contributed by atoms with E-state index in [0.717, 1.165) is 37.3 Å². The van der Waals surface area contributed by atoms with E-state index in [0.29, 0.717) is 6.61 Å². The van der Waals surface area contributed by atoms with Crippen molar-refractivity contribution in [3.8, 4) is 5.75 Å². The molecule has 3 heteroatoms. The van der Waals surface area contributed by atoms with Crippen LogP contribution in [0.25, 0.3) is 0 Å². The van der Waals surface area contributed by atoms with Gasteiger partial charge in [-0.15, -0.1) is 0 Å². The first-order valence-corrected chi connectivity index (χ1v) is 7.82. The molecule has 1 aromatic heterocycles. The maximum Gasteiger partial charge on any atom is 0.124 e. The number of furan rings is 1. The van der Waals surface area contributed by atoms with Crippen molar-refractivity contribution in [3.05, 3.63) is 54.0 Å². The molecule has 3 nitrogen and oxygen atoms in total. The quantitative estimate of drug-likeness (QED) is 0.744. The van der Waals surface area contributed by atoms with Gasteiger partial charge in [-0.1, -0.05) is 25.1 Å². The van der Waals surface area contributed by atoms with E-state index in [4.69, 9.17) is 9.15 Å². The molecule has 0 radical (unpaired) electrons. The molecule has 0 aliphatic heterocycles. The third kappa shape index (κ3) is 4.64. The van der Waals surface area contributed by atoms with Gasteiger partial charge in [0.15, 0.2) is 0 Å². The van der Waals surface area contributed by atoms with E-state index in [1.54, 1.807) is 6.26 Å². The standard InChI is InChI=1S/C18H25NO2/c1-3-13-19-17(12-11-15-8-7-14-21-15)16-9-5-6-10-18(16)20-4-2/h5-10,14,17,19H,3-4,11-13H2,1-2H3. The zero-order chi connectivity index (χ0) is 14.9. The van der Waals surface area contributed by atoms with Crippen molar-refractivity contribution >= 4 is 0 Å². The summed E-state index contributed by atoms with van der Waals surface area (Å²) >= 11 is 0. The summed E-state index contributed by atoms with van der Waals surface area (Å²) in [5.41, 5.74) is 1.24. The molecular formula is C18H25NO2. The van der Waals surface area contributed by atoms with Crippen LogP contribution in [0.5, 0.6) is 5.75 Å². The van der Waals surface area contributed by atoms with Crippen LogP contribution in [0.3, 0.4) is 0 Å². The number of aryl methyl sites for hydroxylation is 1. The van der Waals surface area contributed by atoms with Crippen LogP contribution >= 0.6 is 0 Å². The molecule has 1 N–H and O–H groups in total. The minimum atomic E-state index is 0.290. The monoisotopic (exact) mass is 287 g/mol. The molecule has 0 spiro atoms. The van der Waals surface area contributed by atoms with Gasteiger partial charge in [0, 0.05) is 18.0 Å². The highest BCUT2D eigenvalue weighted by Gasteiger charge is 2.15. The third-order valence-corrected chi connectivity index (χ3v) is 3.49. The van der Waals surface area contributed by atoms with Crippen molar-refractivity contribution in [2.24, 2.45) is 0 Å². The van der Waals surface area contributed by atoms with Gasteiger partial charge in [-0.3, -0.25) is 0 Å². The van der Waals surface area contributed by atoms with Crippen LogP contribution in [-0.4, -0.2) is 13.2 Å². The second kappa shape index (κ2) is 8.53. The Morgan fingerprint density at radius 1 is 1.14 bits per heavy atom. The molecule has 2 rings (SSSR count). The van der Waals surface area contributed by atoms with E-state index >= 15 is 0 Å². The number of para-hydroxylation sites is 1. The maximum absolute atomic E-state index is 5.77. The number of rotatable bonds is 9. The zero-order valence-electron chi connectivity index (χ0n) is 13.0. The average Bonchev–Trinajstić information content (AvgIpc) is 3.02. The van der Waals surface area contributed by atoms with Gasteiger partial charge in [-0.2, -0.15) is 0 Å². The van der Waals surface area contributed by atoms with Crippen LogP contribution < -0.4 is 10.1 Å². The van der Waals surface area contributed by atoms with Crippen LogP contribution in [0.2, 0.25) is 0 Å². The fraction of sp³-hybridized carbons (Fsp3) is 0.444. The van der Waals surface area contributed by atoms with Crippen molar-refractivity contribution in [2.75, 3.05) is 13.2 Å². The highest BCUT2D eigenvalue weighted by atomic mass is 16.5. The summed E-state index contributed by atoms with van der Waals surface area (Å²) in [5.74, 6) is 2.01. The largest absolute Gasteiger partial charge is 0.494 e. The highest BCUT2D eigenvalue weighted by molar-refractivity contribution is 5.36. The second-order valence-electron chi connectivity index (χ2n) is 5.10. The number of benzene rings is 1. The Labute approximate surface area is 127 Å². The van der Waals surface area contributed by atoms with Crippen LogP contribution in [0.15, 0.2) is 47.1 Å². The average molecular weight is 287 g/mol. The first-order chi connectivity index (χ1) is 10.3. The third-order valence-electron chi connectivity index (χ3n) is 3.49. The topological polar surface area (TPSA) is 34.4 Å². The van der Waals surface area contributed by atoms with Crippen molar-refractivity contribution in [3.63, 3.8) is 0 Å². The summed E-state index contributed by atoms with van der Waals surface area (Å²) in [6.45, 7) is 5.90. The zero-order valence-corrected chi connectivity index (χ0v) is 13.0. The smallest absolute Gasteiger partial charge is 0.124 e. The fourth-order valence-corrected chi connectivity index (χ4v) is 2.48. The van der Waals surface area contributed by atoms with Gasteiger partial charge in [0.1, 0.15) is 11.5 Å². The molecule has 1 aromatic carbocycles. The molecule has 0 aliphatic rings. The predicted octanol–water partition coefficient (Wildman–Crippen LogP) is 4.35. The summed E-state index contributed by atoms with van der Waals surface area (Å²) in [4.78, 5) is 0. The van der Waals surface area contributed by atoms with E-state index in [-0.39, 0.29) is 6.04 Å². The van der Waals surface area contributed by atoms with E-state index in [1.807, 2.05) is 31.2 Å². The minimum Gasteiger partial charge on any atom is -0.494 e. The summed E-state index contributed by atoms with van der Waals surface area (Å²) in [7, 11) is 0. The van der Waals surface area contributed by atoms with Gasteiger partial charge >= 0.3 is 0 Å². The van der Waals surface area contributed by atoms with Crippen molar-refractivity contribution in [2.45, 2.75) is 39.2 Å². The SMILES string of the molecule is CCCNC(CCc1ccco1)c1ccccc1OCC. The van der Waals surface area contributed by atoms with Crippen LogP contribution in [0.1, 0.15) is 44.1 Å². The molecule has 21 heavy (non-hydrogen) atoms. The van der Waals surface area contributed by atoms with Crippen LogP contribution in [-0.2, 0) is 6.42 Å².